The summed E-state index contributed by atoms with van der Waals surface area (Å²) in [4.78, 5) is 20.6. The van der Waals surface area contributed by atoms with Crippen LogP contribution in [0.25, 0.3) is 0 Å². The van der Waals surface area contributed by atoms with Crippen LogP contribution in [0.2, 0.25) is 0 Å². The Bertz CT molecular complexity index is 1300. The third kappa shape index (κ3) is 8.94. The molecule has 1 aliphatic heterocycles. The van der Waals surface area contributed by atoms with E-state index in [4.69, 9.17) is 48.2 Å². The summed E-state index contributed by atoms with van der Waals surface area (Å²) in [5.41, 5.74) is 3.44. The van der Waals surface area contributed by atoms with Crippen LogP contribution in [-0.4, -0.2) is 68.3 Å². The van der Waals surface area contributed by atoms with E-state index >= 15 is 0 Å². The van der Waals surface area contributed by atoms with Crippen LogP contribution in [0.3, 0.4) is 0 Å². The van der Waals surface area contributed by atoms with E-state index in [1.165, 1.54) is 11.1 Å². The van der Waals surface area contributed by atoms with Crippen LogP contribution in [0, 0.1) is 0 Å². The van der Waals surface area contributed by atoms with E-state index in [-0.39, 0.29) is 6.79 Å². The molecule has 0 amide bonds. The van der Waals surface area contributed by atoms with Gasteiger partial charge in [-0.1, -0.05) is 18.2 Å². The minimum absolute atomic E-state index is 0.280. The summed E-state index contributed by atoms with van der Waals surface area (Å²) in [6, 6.07) is 18.3. The second-order valence-electron chi connectivity index (χ2n) is 8.85. The number of hydrogen-bond acceptors (Lipinski definition) is 9. The van der Waals surface area contributed by atoms with E-state index in [0.29, 0.717) is 24.7 Å². The van der Waals surface area contributed by atoms with Gasteiger partial charge in [-0.15, -0.1) is 0 Å². The number of rotatable bonds is 12. The predicted molar refractivity (Wildman–Crippen MR) is 149 cm³/mol. The first-order valence-electron chi connectivity index (χ1n) is 12.9. The third-order valence-electron chi connectivity index (χ3n) is 6.16. The molecule has 41 heavy (non-hydrogen) atoms. The van der Waals surface area contributed by atoms with Gasteiger partial charge in [-0.25, -0.2) is 9.59 Å². The first-order valence-corrected chi connectivity index (χ1v) is 12.9. The van der Waals surface area contributed by atoms with Crippen LogP contribution in [0.5, 0.6) is 34.5 Å². The van der Waals surface area contributed by atoms with Gasteiger partial charge in [-0.05, 0) is 54.8 Å². The molecule has 2 N–H and O–H groups in total. The van der Waals surface area contributed by atoms with Crippen molar-refractivity contribution in [1.82, 2.24) is 4.90 Å². The summed E-state index contributed by atoms with van der Waals surface area (Å²) in [6.07, 6.45) is 0.864. The molecule has 3 aromatic rings. The van der Waals surface area contributed by atoms with Gasteiger partial charge in [0, 0.05) is 31.3 Å². The number of carboxylic acids is 2. The van der Waals surface area contributed by atoms with Crippen molar-refractivity contribution in [3.05, 3.63) is 71.3 Å². The fourth-order valence-corrected chi connectivity index (χ4v) is 4.17. The smallest absolute Gasteiger partial charge is 0.414 e. The van der Waals surface area contributed by atoms with E-state index in [1.807, 2.05) is 37.3 Å². The van der Waals surface area contributed by atoms with Crippen LogP contribution in [-0.2, 0) is 29.1 Å². The van der Waals surface area contributed by atoms with E-state index in [1.54, 1.807) is 21.3 Å². The summed E-state index contributed by atoms with van der Waals surface area (Å²) >= 11 is 0. The van der Waals surface area contributed by atoms with E-state index in [9.17, 15) is 0 Å². The Labute approximate surface area is 238 Å². The molecule has 0 aromatic heterocycles. The van der Waals surface area contributed by atoms with Gasteiger partial charge in [-0.2, -0.15) is 0 Å². The summed E-state index contributed by atoms with van der Waals surface area (Å²) in [5.74, 6) is 0.931. The molecule has 11 heteroatoms. The minimum Gasteiger partial charge on any atom is -0.496 e. The lowest BCUT2D eigenvalue weighted by Crippen LogP contribution is -2.25. The maximum Gasteiger partial charge on any atom is 0.414 e. The number of benzene rings is 3. The van der Waals surface area contributed by atoms with E-state index in [0.717, 1.165) is 48.1 Å². The van der Waals surface area contributed by atoms with Crippen molar-refractivity contribution >= 4 is 11.9 Å². The Morgan fingerprint density at radius 1 is 0.780 bits per heavy atom. The lowest BCUT2D eigenvalue weighted by molar-refractivity contribution is -0.159. The zero-order valence-electron chi connectivity index (χ0n) is 23.5. The van der Waals surface area contributed by atoms with Crippen LogP contribution in [0.4, 0.5) is 0 Å². The first kappa shape index (κ1) is 30.9. The highest BCUT2D eigenvalue weighted by Gasteiger charge is 2.17. The molecule has 11 nitrogen and oxygen atoms in total. The van der Waals surface area contributed by atoms with Gasteiger partial charge in [0.2, 0.25) is 6.79 Å². The highest BCUT2D eigenvalue weighted by atomic mass is 16.7. The number of carboxylic acid groups (broad SMARTS) is 2. The maximum atomic E-state index is 9.10. The van der Waals surface area contributed by atoms with Crippen molar-refractivity contribution in [1.29, 1.82) is 0 Å². The largest absolute Gasteiger partial charge is 0.496 e. The van der Waals surface area contributed by atoms with Gasteiger partial charge in [0.15, 0.2) is 23.0 Å². The topological polar surface area (TPSA) is 133 Å². The average molecular weight is 570 g/mol. The van der Waals surface area contributed by atoms with Crippen molar-refractivity contribution < 1.29 is 48.2 Å². The number of carbonyl (C=O) groups is 2. The number of ether oxygens (including phenoxy) is 6. The molecule has 0 radical (unpaired) electrons. The highest BCUT2D eigenvalue weighted by molar-refractivity contribution is 6.27. The zero-order chi connectivity index (χ0) is 29.8. The molecule has 1 heterocycles. The molecule has 0 atom stereocenters. The molecule has 3 aromatic carbocycles. The van der Waals surface area contributed by atoms with Gasteiger partial charge >= 0.3 is 11.9 Å². The molecule has 0 saturated carbocycles. The van der Waals surface area contributed by atoms with Crippen LogP contribution < -0.4 is 28.4 Å². The van der Waals surface area contributed by atoms with E-state index in [2.05, 4.69) is 29.2 Å². The van der Waals surface area contributed by atoms with Crippen molar-refractivity contribution in [3.63, 3.8) is 0 Å². The summed E-state index contributed by atoms with van der Waals surface area (Å²) in [6.45, 7) is 5.21. The molecule has 0 bridgehead atoms. The summed E-state index contributed by atoms with van der Waals surface area (Å²) in [5, 5.41) is 14.8. The maximum absolute atomic E-state index is 9.10. The standard InChI is InChI=1S/C28H33NO6.C2H2O4/c1-5-33-23-9-6-21(7-10-23)17-29(13-12-20-8-11-24-28(14-20)35-19-34-24)18-22-15-26(31-3)27(32-4)16-25(22)30-2;3-1(4)2(5)6/h6-11,14-16H,5,12-13,17-19H2,1-4H3;(H,3,4)(H,5,6). The average Bonchev–Trinajstić information content (AvgIpc) is 3.45. The van der Waals surface area contributed by atoms with Crippen LogP contribution >= 0.6 is 0 Å². The van der Waals surface area contributed by atoms with Crippen LogP contribution in [0.1, 0.15) is 23.6 Å². The number of methoxy groups -OCH3 is 3. The highest BCUT2D eigenvalue weighted by Crippen LogP contribution is 2.36. The lowest BCUT2D eigenvalue weighted by atomic mass is 10.1. The van der Waals surface area contributed by atoms with Crippen LogP contribution in [0.15, 0.2) is 54.6 Å². The van der Waals surface area contributed by atoms with Gasteiger partial charge < -0.3 is 38.6 Å². The Kier molecular flexibility index (Phi) is 11.5. The fraction of sp³-hybridized carbons (Fsp3) is 0.333. The molecular weight excluding hydrogens is 534 g/mol. The second kappa shape index (κ2) is 15.2. The van der Waals surface area contributed by atoms with E-state index < -0.39 is 11.9 Å². The zero-order valence-corrected chi connectivity index (χ0v) is 23.5. The summed E-state index contributed by atoms with van der Waals surface area (Å²) < 4.78 is 33.3. The molecule has 0 saturated heterocycles. The predicted octanol–water partition coefficient (Wildman–Crippen LogP) is 4.24. The Morgan fingerprint density at radius 2 is 1.39 bits per heavy atom. The summed E-state index contributed by atoms with van der Waals surface area (Å²) in [7, 11) is 4.94. The first-order chi connectivity index (χ1) is 19.8. The minimum atomic E-state index is -1.82. The molecule has 0 unspecified atom stereocenters. The van der Waals surface area contributed by atoms with Gasteiger partial charge in [0.05, 0.1) is 27.9 Å². The molecular formula is C30H35NO10. The molecule has 0 spiro atoms. The number of hydrogen-bond donors (Lipinski definition) is 2. The fourth-order valence-electron chi connectivity index (χ4n) is 4.17. The molecule has 4 rings (SSSR count). The Balaban J connectivity index is 0.000000696. The monoisotopic (exact) mass is 569 g/mol. The molecule has 0 aliphatic carbocycles. The second-order valence-corrected chi connectivity index (χ2v) is 8.85. The number of fused-ring (bicyclic) bond motifs is 1. The van der Waals surface area contributed by atoms with Gasteiger partial charge in [-0.3, -0.25) is 4.90 Å². The van der Waals surface area contributed by atoms with Gasteiger partial charge in [0.1, 0.15) is 11.5 Å². The molecule has 1 aliphatic rings. The Morgan fingerprint density at radius 3 is 2.00 bits per heavy atom. The van der Waals surface area contributed by atoms with Crippen molar-refractivity contribution in [2.75, 3.05) is 41.3 Å². The number of nitrogens with zero attached hydrogens (tertiary/aromatic N) is 1. The lowest BCUT2D eigenvalue weighted by Gasteiger charge is -2.24. The van der Waals surface area contributed by atoms with Crippen molar-refractivity contribution in [3.8, 4) is 34.5 Å². The van der Waals surface area contributed by atoms with Gasteiger partial charge in [0.25, 0.3) is 0 Å². The molecule has 220 valence electrons. The normalized spacial score (nSPS) is 11.3. The third-order valence-corrected chi connectivity index (χ3v) is 6.16. The Hall–Kier alpha value is -4.64. The van der Waals surface area contributed by atoms with Crippen molar-refractivity contribution in [2.45, 2.75) is 26.4 Å². The quantitative estimate of drug-likeness (QED) is 0.304. The SMILES string of the molecule is CCOc1ccc(CN(CCc2ccc3c(c2)OCO3)Cc2cc(OC)c(OC)cc2OC)cc1.O=C(O)C(=O)O. The molecule has 0 fully saturated rings. The van der Waals surface area contributed by atoms with Crippen molar-refractivity contribution in [2.24, 2.45) is 0 Å². The number of aliphatic carboxylic acids is 2.